The Morgan fingerprint density at radius 2 is 2.00 bits per heavy atom. The molecule has 152 valence electrons. The summed E-state index contributed by atoms with van der Waals surface area (Å²) in [5.41, 5.74) is 1.56. The minimum atomic E-state index is -4.55. The molecule has 1 amide bonds. The van der Waals surface area contributed by atoms with Crippen LogP contribution in [0.1, 0.15) is 16.7 Å². The highest BCUT2D eigenvalue weighted by Crippen LogP contribution is 2.26. The van der Waals surface area contributed by atoms with Crippen LogP contribution in [0.3, 0.4) is 0 Å². The van der Waals surface area contributed by atoms with Gasteiger partial charge in [-0.15, -0.1) is 11.3 Å². The molecule has 11 heteroatoms. The molecule has 3 aromatic rings. The minimum absolute atomic E-state index is 0. The fraction of sp³-hybridized carbons (Fsp3) is 0.294. The molecule has 3 rings (SSSR count). The van der Waals surface area contributed by atoms with Crippen LogP contribution in [0.25, 0.3) is 21.6 Å². The maximum Gasteiger partial charge on any atom is 0.405 e. The zero-order chi connectivity index (χ0) is 20.5. The molecule has 0 aliphatic heterocycles. The summed E-state index contributed by atoms with van der Waals surface area (Å²) in [6.07, 6.45) is -3.61. The van der Waals surface area contributed by atoms with Gasteiger partial charge in [0.05, 0.1) is 21.9 Å². The molecule has 0 atom stereocenters. The van der Waals surface area contributed by atoms with E-state index in [4.69, 9.17) is 0 Å². The van der Waals surface area contributed by atoms with E-state index >= 15 is 0 Å². The van der Waals surface area contributed by atoms with E-state index in [0.717, 1.165) is 16.4 Å². The zero-order valence-corrected chi connectivity index (χ0v) is 15.6. The number of carbonyl (C=O) groups is 1. The Balaban J connectivity index is 0.00000225. The number of benzene rings is 1. The molecular formula is C17H19F4N5OS. The van der Waals surface area contributed by atoms with Crippen LogP contribution < -0.4 is 10.6 Å². The Bertz CT molecular complexity index is 1030. The predicted molar refractivity (Wildman–Crippen MR) is 102 cm³/mol. The SMILES string of the molecule is CC(C)(Nc1nc(-c2ccc3ncsc3c2)ncc1F)C(=O)NCC(F)(F)F.[HH].[HH]. The van der Waals surface area contributed by atoms with Crippen molar-refractivity contribution in [3.8, 4) is 11.4 Å². The Morgan fingerprint density at radius 3 is 2.71 bits per heavy atom. The summed E-state index contributed by atoms with van der Waals surface area (Å²) in [5.74, 6) is -1.87. The van der Waals surface area contributed by atoms with Gasteiger partial charge in [0.1, 0.15) is 12.1 Å². The van der Waals surface area contributed by atoms with Crippen molar-refractivity contribution in [2.45, 2.75) is 25.6 Å². The second kappa shape index (κ2) is 7.30. The van der Waals surface area contributed by atoms with Crippen molar-refractivity contribution in [3.63, 3.8) is 0 Å². The van der Waals surface area contributed by atoms with Crippen molar-refractivity contribution in [2.24, 2.45) is 0 Å². The number of hydrogen-bond acceptors (Lipinski definition) is 6. The normalized spacial score (nSPS) is 12.2. The molecule has 1 aromatic carbocycles. The number of amides is 1. The standard InChI is InChI=1S/C17H15F4N5OS.2H2/c1-16(2,15(27)23-7-17(19,20)21)26-14-10(18)6-22-13(25-14)9-3-4-11-12(5-9)28-8-24-11;;/h3-6,8H,7H2,1-2H3,(H,23,27)(H,22,25,26);2*1H. The number of nitrogens with zero attached hydrogens (tertiary/aromatic N) is 3. The molecule has 2 heterocycles. The van der Waals surface area contributed by atoms with Gasteiger partial charge in [-0.25, -0.2) is 19.3 Å². The fourth-order valence-electron chi connectivity index (χ4n) is 2.34. The van der Waals surface area contributed by atoms with Crippen LogP contribution in [-0.2, 0) is 4.79 Å². The van der Waals surface area contributed by atoms with E-state index in [-0.39, 0.29) is 14.5 Å². The number of halogens is 4. The molecule has 2 N–H and O–H groups in total. The summed E-state index contributed by atoms with van der Waals surface area (Å²) < 4.78 is 52.0. The number of nitrogens with one attached hydrogen (secondary N) is 2. The summed E-state index contributed by atoms with van der Waals surface area (Å²) in [7, 11) is 0. The number of thiazole rings is 1. The van der Waals surface area contributed by atoms with Crippen molar-refractivity contribution in [1.82, 2.24) is 20.3 Å². The first-order valence-corrected chi connectivity index (χ1v) is 8.92. The van der Waals surface area contributed by atoms with Gasteiger partial charge in [0.15, 0.2) is 17.5 Å². The van der Waals surface area contributed by atoms with Crippen molar-refractivity contribution in [3.05, 3.63) is 35.7 Å². The number of carbonyl (C=O) groups excluding carboxylic acids is 1. The second-order valence-corrected chi connectivity index (χ2v) is 7.36. The van der Waals surface area contributed by atoms with Crippen LogP contribution >= 0.6 is 11.3 Å². The second-order valence-electron chi connectivity index (χ2n) is 6.47. The highest BCUT2D eigenvalue weighted by atomic mass is 32.1. The fourth-order valence-corrected chi connectivity index (χ4v) is 3.06. The number of anilines is 1. The van der Waals surface area contributed by atoms with Crippen LogP contribution in [0.15, 0.2) is 29.9 Å². The van der Waals surface area contributed by atoms with Gasteiger partial charge in [0, 0.05) is 8.42 Å². The molecule has 0 aliphatic rings. The van der Waals surface area contributed by atoms with Crippen LogP contribution in [0.5, 0.6) is 0 Å². The molecule has 6 nitrogen and oxygen atoms in total. The highest BCUT2D eigenvalue weighted by molar-refractivity contribution is 7.16. The highest BCUT2D eigenvalue weighted by Gasteiger charge is 2.33. The molecule has 0 saturated carbocycles. The molecule has 0 bridgehead atoms. The summed E-state index contributed by atoms with van der Waals surface area (Å²) in [6, 6.07) is 5.29. The first kappa shape index (κ1) is 19.9. The minimum Gasteiger partial charge on any atom is -0.354 e. The lowest BCUT2D eigenvalue weighted by Gasteiger charge is -2.26. The summed E-state index contributed by atoms with van der Waals surface area (Å²) >= 11 is 1.42. The van der Waals surface area contributed by atoms with E-state index in [1.807, 2.05) is 0 Å². The Hall–Kier alpha value is -2.82. The van der Waals surface area contributed by atoms with E-state index in [1.165, 1.54) is 25.2 Å². The van der Waals surface area contributed by atoms with Crippen molar-refractivity contribution in [2.75, 3.05) is 11.9 Å². The van der Waals surface area contributed by atoms with Gasteiger partial charge in [0.25, 0.3) is 0 Å². The van der Waals surface area contributed by atoms with Crippen LogP contribution in [0.2, 0.25) is 0 Å². The maximum absolute atomic E-state index is 14.2. The zero-order valence-electron chi connectivity index (χ0n) is 14.8. The molecule has 0 fully saturated rings. The monoisotopic (exact) mass is 417 g/mol. The van der Waals surface area contributed by atoms with E-state index in [1.54, 1.807) is 29.0 Å². The molecule has 2 aromatic heterocycles. The first-order valence-electron chi connectivity index (χ1n) is 8.04. The number of fused-ring (bicyclic) bond motifs is 1. The van der Waals surface area contributed by atoms with Gasteiger partial charge < -0.3 is 10.6 Å². The quantitative estimate of drug-likeness (QED) is 0.607. The van der Waals surface area contributed by atoms with Gasteiger partial charge in [-0.2, -0.15) is 13.2 Å². The smallest absolute Gasteiger partial charge is 0.354 e. The van der Waals surface area contributed by atoms with Crippen molar-refractivity contribution in [1.29, 1.82) is 0 Å². The summed E-state index contributed by atoms with van der Waals surface area (Å²) in [5, 5.41) is 4.32. The van der Waals surface area contributed by atoms with E-state index < -0.39 is 30.0 Å². The van der Waals surface area contributed by atoms with Gasteiger partial charge >= 0.3 is 6.18 Å². The molecule has 0 aliphatic carbocycles. The third kappa shape index (κ3) is 4.53. The lowest BCUT2D eigenvalue weighted by Crippen LogP contribution is -2.50. The third-order valence-electron chi connectivity index (χ3n) is 3.78. The molecule has 0 radical (unpaired) electrons. The van der Waals surface area contributed by atoms with Gasteiger partial charge in [-0.3, -0.25) is 4.79 Å². The Morgan fingerprint density at radius 1 is 1.25 bits per heavy atom. The number of aromatic nitrogens is 3. The lowest BCUT2D eigenvalue weighted by molar-refractivity contribution is -0.140. The van der Waals surface area contributed by atoms with Gasteiger partial charge in [-0.1, -0.05) is 0 Å². The first-order chi connectivity index (χ1) is 13.0. The summed E-state index contributed by atoms with van der Waals surface area (Å²) in [4.78, 5) is 24.3. The molecule has 0 saturated heterocycles. The average molecular weight is 417 g/mol. The van der Waals surface area contributed by atoms with E-state index in [0.29, 0.717) is 5.56 Å². The van der Waals surface area contributed by atoms with E-state index in [2.05, 4.69) is 20.3 Å². The lowest BCUT2D eigenvalue weighted by atomic mass is 10.0. The van der Waals surface area contributed by atoms with Crippen molar-refractivity contribution >= 4 is 33.3 Å². The molecule has 0 unspecified atom stereocenters. The molecular weight excluding hydrogens is 398 g/mol. The van der Waals surface area contributed by atoms with Crippen LogP contribution in [-0.4, -0.2) is 39.1 Å². The van der Waals surface area contributed by atoms with E-state index in [9.17, 15) is 22.4 Å². The van der Waals surface area contributed by atoms with Gasteiger partial charge in [0.2, 0.25) is 5.91 Å². The average Bonchev–Trinajstić information content (AvgIpc) is 3.08. The maximum atomic E-state index is 14.2. The Kier molecular flexibility index (Phi) is 5.20. The topological polar surface area (TPSA) is 79.8 Å². The predicted octanol–water partition coefficient (Wildman–Crippen LogP) is 4.25. The Labute approximate surface area is 164 Å². The van der Waals surface area contributed by atoms with Gasteiger partial charge in [-0.05, 0) is 32.0 Å². The molecule has 0 spiro atoms. The molecule has 28 heavy (non-hydrogen) atoms. The number of hydrogen-bond donors (Lipinski definition) is 2. The van der Waals surface area contributed by atoms with Crippen LogP contribution in [0.4, 0.5) is 23.4 Å². The number of rotatable bonds is 5. The van der Waals surface area contributed by atoms with Crippen molar-refractivity contribution < 1.29 is 25.2 Å². The third-order valence-corrected chi connectivity index (χ3v) is 4.57. The summed E-state index contributed by atoms with van der Waals surface area (Å²) in [6.45, 7) is 1.16. The number of alkyl halides is 3. The largest absolute Gasteiger partial charge is 0.405 e. The van der Waals surface area contributed by atoms with Crippen LogP contribution in [0, 0.1) is 5.82 Å².